The number of carbonyl (C=O) groups excluding carboxylic acids is 2. The van der Waals surface area contributed by atoms with Gasteiger partial charge in [0.15, 0.2) is 12.1 Å². The van der Waals surface area contributed by atoms with Crippen LogP contribution in [-0.4, -0.2) is 33.8 Å². The highest BCUT2D eigenvalue weighted by Crippen LogP contribution is 1.95. The molecule has 0 unspecified atom stereocenters. The van der Waals surface area contributed by atoms with Crippen LogP contribution in [0, 0.1) is 0 Å². The maximum absolute atomic E-state index is 10.7. The van der Waals surface area contributed by atoms with E-state index in [1.807, 2.05) is 0 Å². The number of aliphatic hydroxyl groups excluding tert-OH is 1. The van der Waals surface area contributed by atoms with Crippen LogP contribution in [0.3, 0.4) is 0 Å². The van der Waals surface area contributed by atoms with E-state index in [1.54, 1.807) is 0 Å². The van der Waals surface area contributed by atoms with Crippen LogP contribution in [0.2, 0.25) is 0 Å². The summed E-state index contributed by atoms with van der Waals surface area (Å²) < 4.78 is 0. The number of aromatic amines is 1. The Labute approximate surface area is 62.1 Å². The molecular weight excluding hydrogens is 148 g/mol. The van der Waals surface area contributed by atoms with Gasteiger partial charge in [0.25, 0.3) is 0 Å². The van der Waals surface area contributed by atoms with Gasteiger partial charge in [-0.15, -0.1) is 0 Å². The number of hydrogen-bond acceptors (Lipinski definition) is 4. The predicted molar refractivity (Wildman–Crippen MR) is 35.4 cm³/mol. The van der Waals surface area contributed by atoms with Gasteiger partial charge < -0.3 is 10.1 Å². The van der Waals surface area contributed by atoms with E-state index < -0.39 is 12.4 Å². The number of aliphatic hydroxyl groups is 1. The number of H-pyrrole nitrogens is 1. The van der Waals surface area contributed by atoms with E-state index in [9.17, 15) is 9.59 Å². The van der Waals surface area contributed by atoms with E-state index in [4.69, 9.17) is 5.11 Å². The van der Waals surface area contributed by atoms with Crippen molar-refractivity contribution in [2.45, 2.75) is 0 Å². The highest BCUT2D eigenvalue weighted by atomic mass is 16.3. The molecule has 1 rings (SSSR count). The molecule has 11 heavy (non-hydrogen) atoms. The van der Waals surface area contributed by atoms with E-state index in [2.05, 4.69) is 9.97 Å². The molecule has 2 N–H and O–H groups in total. The van der Waals surface area contributed by atoms with Gasteiger partial charge in [-0.3, -0.25) is 9.59 Å². The summed E-state index contributed by atoms with van der Waals surface area (Å²) in [5, 5.41) is 8.38. The van der Waals surface area contributed by atoms with Crippen molar-refractivity contribution >= 4 is 12.1 Å². The summed E-state index contributed by atoms with van der Waals surface area (Å²) >= 11 is 0. The van der Waals surface area contributed by atoms with Crippen LogP contribution in [0.15, 0.2) is 6.20 Å². The fourth-order valence-corrected chi connectivity index (χ4v) is 0.623. The fourth-order valence-electron chi connectivity index (χ4n) is 0.623. The van der Waals surface area contributed by atoms with E-state index in [-0.39, 0.29) is 11.5 Å². The molecule has 0 aromatic carbocycles. The molecule has 1 aromatic rings. The molecule has 0 spiro atoms. The Morgan fingerprint density at radius 1 is 1.82 bits per heavy atom. The maximum atomic E-state index is 10.7. The number of carbonyl (C=O) groups is 2. The zero-order chi connectivity index (χ0) is 8.27. The van der Waals surface area contributed by atoms with Gasteiger partial charge >= 0.3 is 0 Å². The first-order valence-electron chi connectivity index (χ1n) is 2.92. The minimum absolute atomic E-state index is 0.0850. The lowest BCUT2D eigenvalue weighted by molar-refractivity contribution is 0.0899. The molecular formula is C6H6N2O3. The van der Waals surface area contributed by atoms with Crippen LogP contribution < -0.4 is 0 Å². The van der Waals surface area contributed by atoms with Crippen molar-refractivity contribution in [1.82, 2.24) is 9.97 Å². The number of Topliss-reactive ketones (excluding diaryl/α,β-unsaturated/α-hetero) is 1. The third kappa shape index (κ3) is 1.50. The number of ketones is 1. The summed E-state index contributed by atoms with van der Waals surface area (Å²) in [5.74, 6) is -0.396. The molecule has 1 heterocycles. The first-order valence-corrected chi connectivity index (χ1v) is 2.92. The lowest BCUT2D eigenvalue weighted by Crippen LogP contribution is -2.04. The van der Waals surface area contributed by atoms with Crippen molar-refractivity contribution in [3.63, 3.8) is 0 Å². The largest absolute Gasteiger partial charge is 0.388 e. The highest BCUT2D eigenvalue weighted by molar-refractivity contribution is 5.95. The zero-order valence-electron chi connectivity index (χ0n) is 5.57. The molecule has 5 nitrogen and oxygen atoms in total. The van der Waals surface area contributed by atoms with Gasteiger partial charge in [0, 0.05) is 0 Å². The third-order valence-corrected chi connectivity index (χ3v) is 1.15. The van der Waals surface area contributed by atoms with Crippen LogP contribution in [0.25, 0.3) is 0 Å². The second-order valence-electron chi connectivity index (χ2n) is 1.88. The van der Waals surface area contributed by atoms with Gasteiger partial charge in [-0.25, -0.2) is 4.98 Å². The second-order valence-corrected chi connectivity index (χ2v) is 1.88. The summed E-state index contributed by atoms with van der Waals surface area (Å²) in [5.41, 5.74) is 0.148. The molecule has 0 aliphatic heterocycles. The topological polar surface area (TPSA) is 83.1 Å². The average molecular weight is 154 g/mol. The Morgan fingerprint density at radius 3 is 3.00 bits per heavy atom. The van der Waals surface area contributed by atoms with Crippen molar-refractivity contribution in [3.05, 3.63) is 17.7 Å². The number of nitrogens with zero attached hydrogens (tertiary/aromatic N) is 1. The minimum Gasteiger partial charge on any atom is -0.388 e. The summed E-state index contributed by atoms with van der Waals surface area (Å²) in [6.45, 7) is -0.583. The Morgan fingerprint density at radius 2 is 2.55 bits per heavy atom. The molecule has 0 saturated heterocycles. The Kier molecular flexibility index (Phi) is 2.12. The van der Waals surface area contributed by atoms with E-state index in [0.717, 1.165) is 0 Å². The predicted octanol–water partition coefficient (Wildman–Crippen LogP) is -0.603. The number of hydrogen-bond donors (Lipinski definition) is 2. The molecule has 0 bridgehead atoms. The monoisotopic (exact) mass is 154 g/mol. The molecule has 0 fully saturated rings. The Balaban J connectivity index is 2.88. The Hall–Kier alpha value is -1.49. The van der Waals surface area contributed by atoms with Gasteiger partial charge in [0.1, 0.15) is 12.3 Å². The first-order chi connectivity index (χ1) is 5.27. The molecule has 0 aliphatic carbocycles. The lowest BCUT2D eigenvalue weighted by atomic mass is 10.3. The van der Waals surface area contributed by atoms with Crippen LogP contribution in [0.4, 0.5) is 0 Å². The summed E-state index contributed by atoms with van der Waals surface area (Å²) in [4.78, 5) is 26.7. The number of nitrogens with one attached hydrogen (secondary N) is 1. The maximum Gasteiger partial charge on any atom is 0.205 e. The molecule has 0 radical (unpaired) electrons. The van der Waals surface area contributed by atoms with Crippen LogP contribution in [0.1, 0.15) is 21.1 Å². The highest BCUT2D eigenvalue weighted by Gasteiger charge is 2.06. The average Bonchev–Trinajstić information content (AvgIpc) is 2.50. The number of aromatic nitrogens is 2. The molecule has 0 amide bonds. The van der Waals surface area contributed by atoms with Gasteiger partial charge in [0.2, 0.25) is 5.78 Å². The zero-order valence-corrected chi connectivity index (χ0v) is 5.57. The van der Waals surface area contributed by atoms with Crippen molar-refractivity contribution in [1.29, 1.82) is 0 Å². The van der Waals surface area contributed by atoms with Gasteiger partial charge in [-0.05, 0) is 0 Å². The Bertz CT molecular complexity index is 279. The summed E-state index contributed by atoms with van der Waals surface area (Å²) in [7, 11) is 0. The van der Waals surface area contributed by atoms with E-state index in [0.29, 0.717) is 6.29 Å². The summed E-state index contributed by atoms with van der Waals surface area (Å²) in [6.07, 6.45) is 1.70. The second kappa shape index (κ2) is 3.07. The van der Waals surface area contributed by atoms with Crippen molar-refractivity contribution in [2.75, 3.05) is 6.61 Å². The standard InChI is InChI=1S/C6H6N2O3/c9-2-5(11)4-1-7-6(3-10)8-4/h1,3,9H,2H2,(H,7,8). The van der Waals surface area contributed by atoms with Crippen molar-refractivity contribution < 1.29 is 14.7 Å². The SMILES string of the molecule is O=Cc1ncc(C(=O)CO)[nH]1. The molecule has 58 valence electrons. The van der Waals surface area contributed by atoms with Crippen LogP contribution in [0.5, 0.6) is 0 Å². The molecule has 0 atom stereocenters. The van der Waals surface area contributed by atoms with Crippen molar-refractivity contribution in [2.24, 2.45) is 0 Å². The molecule has 5 heteroatoms. The molecule has 0 saturated carbocycles. The van der Waals surface area contributed by atoms with Crippen LogP contribution in [-0.2, 0) is 0 Å². The quantitative estimate of drug-likeness (QED) is 0.449. The summed E-state index contributed by atoms with van der Waals surface area (Å²) in [6, 6.07) is 0. The third-order valence-electron chi connectivity index (χ3n) is 1.15. The van der Waals surface area contributed by atoms with Gasteiger partial charge in [0.05, 0.1) is 6.20 Å². The van der Waals surface area contributed by atoms with Crippen LogP contribution >= 0.6 is 0 Å². The van der Waals surface area contributed by atoms with Gasteiger partial charge in [-0.2, -0.15) is 0 Å². The number of aldehydes is 1. The minimum atomic E-state index is -0.583. The van der Waals surface area contributed by atoms with E-state index >= 15 is 0 Å². The smallest absolute Gasteiger partial charge is 0.205 e. The first kappa shape index (κ1) is 7.62. The molecule has 0 aliphatic rings. The molecule has 1 aromatic heterocycles. The van der Waals surface area contributed by atoms with E-state index in [1.165, 1.54) is 6.20 Å². The number of imidazole rings is 1. The van der Waals surface area contributed by atoms with Crippen molar-refractivity contribution in [3.8, 4) is 0 Å². The normalized spacial score (nSPS) is 9.55. The lowest BCUT2D eigenvalue weighted by Gasteiger charge is -1.87. The number of rotatable bonds is 3. The fraction of sp³-hybridized carbons (Fsp3) is 0.167. The van der Waals surface area contributed by atoms with Gasteiger partial charge in [-0.1, -0.05) is 0 Å².